The van der Waals surface area contributed by atoms with Crippen LogP contribution in [0.1, 0.15) is 80.0 Å². The van der Waals surface area contributed by atoms with Crippen LogP contribution in [-0.2, 0) is 17.9 Å². The SMILES string of the molecule is Cc1cc(Cl)ccc1CN1CC[C@@H](CN2CCC(CC3(OCc4ccccc4)CCCCC3)CC2)C1.Cc1ccsc1. The molecule has 3 nitrogen and oxygen atoms in total. The van der Waals surface area contributed by atoms with Gasteiger partial charge in [0.15, 0.2) is 0 Å². The van der Waals surface area contributed by atoms with Gasteiger partial charge < -0.3 is 9.64 Å². The highest BCUT2D eigenvalue weighted by atomic mass is 35.5. The zero-order valence-electron chi connectivity index (χ0n) is 25.9. The highest BCUT2D eigenvalue weighted by molar-refractivity contribution is 7.07. The van der Waals surface area contributed by atoms with E-state index < -0.39 is 0 Å². The highest BCUT2D eigenvalue weighted by Crippen LogP contribution is 2.40. The van der Waals surface area contributed by atoms with E-state index in [0.29, 0.717) is 0 Å². The van der Waals surface area contributed by atoms with Crippen LogP contribution in [-0.4, -0.2) is 48.1 Å². The Balaban J connectivity index is 0.000000524. The zero-order valence-corrected chi connectivity index (χ0v) is 27.5. The molecule has 0 bridgehead atoms. The molecule has 42 heavy (non-hydrogen) atoms. The molecule has 5 heteroatoms. The van der Waals surface area contributed by atoms with Gasteiger partial charge in [-0.1, -0.05) is 67.3 Å². The number of aryl methyl sites for hydroxylation is 2. The third kappa shape index (κ3) is 9.66. The van der Waals surface area contributed by atoms with Crippen LogP contribution in [0, 0.1) is 25.7 Å². The fourth-order valence-corrected chi connectivity index (χ4v) is 8.19. The van der Waals surface area contributed by atoms with Crippen LogP contribution in [0.3, 0.4) is 0 Å². The number of benzene rings is 2. The second kappa shape index (κ2) is 15.9. The summed E-state index contributed by atoms with van der Waals surface area (Å²) in [4.78, 5) is 5.40. The van der Waals surface area contributed by atoms with E-state index in [-0.39, 0.29) is 5.60 Å². The fraction of sp³-hybridized carbons (Fsp3) is 0.568. The molecule has 228 valence electrons. The maximum Gasteiger partial charge on any atom is 0.0724 e. The second-order valence-electron chi connectivity index (χ2n) is 13.2. The number of rotatable bonds is 9. The Labute approximate surface area is 264 Å². The van der Waals surface area contributed by atoms with Crippen molar-refractivity contribution in [1.29, 1.82) is 0 Å². The van der Waals surface area contributed by atoms with Gasteiger partial charge in [-0.3, -0.25) is 4.90 Å². The van der Waals surface area contributed by atoms with Crippen LogP contribution in [0.2, 0.25) is 5.02 Å². The molecule has 3 aromatic rings. The highest BCUT2D eigenvalue weighted by Gasteiger charge is 2.37. The topological polar surface area (TPSA) is 15.7 Å². The van der Waals surface area contributed by atoms with Crippen molar-refractivity contribution in [2.24, 2.45) is 11.8 Å². The monoisotopic (exact) mass is 606 g/mol. The molecule has 0 spiro atoms. The summed E-state index contributed by atoms with van der Waals surface area (Å²) < 4.78 is 6.74. The number of piperidine rings is 1. The molecule has 3 aliphatic rings. The fourth-order valence-electron chi connectivity index (χ4n) is 7.29. The number of likely N-dealkylation sites (tertiary alicyclic amines) is 2. The van der Waals surface area contributed by atoms with Gasteiger partial charge in [0.05, 0.1) is 12.2 Å². The number of hydrogen-bond acceptors (Lipinski definition) is 4. The molecule has 1 atom stereocenters. The van der Waals surface area contributed by atoms with Crippen LogP contribution in [0.4, 0.5) is 0 Å². The van der Waals surface area contributed by atoms with Gasteiger partial charge in [0.1, 0.15) is 0 Å². The van der Waals surface area contributed by atoms with Crippen molar-refractivity contribution in [3.05, 3.63) is 92.6 Å². The Morgan fingerprint density at radius 1 is 0.881 bits per heavy atom. The van der Waals surface area contributed by atoms with Crippen LogP contribution >= 0.6 is 22.9 Å². The molecule has 1 aliphatic carbocycles. The molecule has 1 saturated carbocycles. The first-order chi connectivity index (χ1) is 20.5. The van der Waals surface area contributed by atoms with E-state index in [1.54, 1.807) is 11.3 Å². The normalized spacial score (nSPS) is 21.6. The van der Waals surface area contributed by atoms with Crippen molar-refractivity contribution >= 4 is 22.9 Å². The van der Waals surface area contributed by atoms with Crippen molar-refractivity contribution in [3.8, 4) is 0 Å². The predicted octanol–water partition coefficient (Wildman–Crippen LogP) is 9.55. The van der Waals surface area contributed by atoms with E-state index in [1.165, 1.54) is 113 Å². The molecule has 2 saturated heterocycles. The molecule has 0 amide bonds. The first-order valence-corrected chi connectivity index (χ1v) is 17.6. The van der Waals surface area contributed by atoms with Crippen LogP contribution in [0.25, 0.3) is 0 Å². The number of nitrogens with zero attached hydrogens (tertiary/aromatic N) is 2. The van der Waals surface area contributed by atoms with E-state index in [1.807, 2.05) is 6.07 Å². The van der Waals surface area contributed by atoms with Gasteiger partial charge in [0.2, 0.25) is 0 Å². The van der Waals surface area contributed by atoms with Gasteiger partial charge in [-0.15, -0.1) is 0 Å². The van der Waals surface area contributed by atoms with Gasteiger partial charge in [-0.05, 0) is 135 Å². The second-order valence-corrected chi connectivity index (χ2v) is 14.4. The molecule has 6 rings (SSSR count). The number of thiophene rings is 1. The molecule has 2 aromatic carbocycles. The Morgan fingerprint density at radius 2 is 1.62 bits per heavy atom. The number of ether oxygens (including phenoxy) is 1. The van der Waals surface area contributed by atoms with Gasteiger partial charge in [-0.2, -0.15) is 11.3 Å². The quantitative estimate of drug-likeness (QED) is 0.241. The first-order valence-electron chi connectivity index (χ1n) is 16.3. The van der Waals surface area contributed by atoms with Crippen molar-refractivity contribution < 1.29 is 4.74 Å². The summed E-state index contributed by atoms with van der Waals surface area (Å²) in [5.74, 6) is 1.64. The van der Waals surface area contributed by atoms with E-state index in [4.69, 9.17) is 16.3 Å². The van der Waals surface area contributed by atoms with Crippen LogP contribution in [0.15, 0.2) is 65.4 Å². The van der Waals surface area contributed by atoms with Crippen molar-refractivity contribution in [1.82, 2.24) is 9.80 Å². The summed E-state index contributed by atoms with van der Waals surface area (Å²) in [6, 6.07) is 19.2. The Bertz CT molecular complexity index is 1190. The zero-order chi connectivity index (χ0) is 29.2. The van der Waals surface area contributed by atoms with Gasteiger partial charge in [0, 0.05) is 24.7 Å². The minimum atomic E-state index is 0.118. The smallest absolute Gasteiger partial charge is 0.0724 e. The van der Waals surface area contributed by atoms with E-state index in [0.717, 1.165) is 30.0 Å². The molecule has 0 unspecified atom stereocenters. The Hall–Kier alpha value is -1.69. The van der Waals surface area contributed by atoms with E-state index in [2.05, 4.69) is 82.9 Å². The lowest BCUT2D eigenvalue weighted by Crippen LogP contribution is -2.42. The van der Waals surface area contributed by atoms with Crippen molar-refractivity contribution in [3.63, 3.8) is 0 Å². The molecular weight excluding hydrogens is 556 g/mol. The average Bonchev–Trinajstić information content (AvgIpc) is 3.67. The largest absolute Gasteiger partial charge is 0.370 e. The molecule has 0 radical (unpaired) electrons. The predicted molar refractivity (Wildman–Crippen MR) is 179 cm³/mol. The number of halogens is 1. The average molecular weight is 607 g/mol. The molecule has 0 N–H and O–H groups in total. The molecule has 1 aromatic heterocycles. The van der Waals surface area contributed by atoms with Gasteiger partial charge in [-0.25, -0.2) is 0 Å². The summed E-state index contributed by atoms with van der Waals surface area (Å²) in [7, 11) is 0. The number of hydrogen-bond donors (Lipinski definition) is 0. The van der Waals surface area contributed by atoms with Gasteiger partial charge in [0.25, 0.3) is 0 Å². The lowest BCUT2D eigenvalue weighted by atomic mass is 9.76. The molecule has 2 aliphatic heterocycles. The summed E-state index contributed by atoms with van der Waals surface area (Å²) >= 11 is 7.89. The van der Waals surface area contributed by atoms with Crippen molar-refractivity contribution in [2.45, 2.75) is 90.4 Å². The first kappa shape index (κ1) is 31.7. The third-order valence-electron chi connectivity index (χ3n) is 9.77. The minimum Gasteiger partial charge on any atom is -0.370 e. The van der Waals surface area contributed by atoms with Crippen LogP contribution in [0.5, 0.6) is 0 Å². The van der Waals surface area contributed by atoms with E-state index in [9.17, 15) is 0 Å². The lowest BCUT2D eigenvalue weighted by Gasteiger charge is -2.42. The third-order valence-corrected chi connectivity index (χ3v) is 10.8. The summed E-state index contributed by atoms with van der Waals surface area (Å²) in [5.41, 5.74) is 5.53. The maximum absolute atomic E-state index is 6.74. The lowest BCUT2D eigenvalue weighted by molar-refractivity contribution is -0.0983. The van der Waals surface area contributed by atoms with Gasteiger partial charge >= 0.3 is 0 Å². The summed E-state index contributed by atoms with van der Waals surface area (Å²) in [6.45, 7) is 12.4. The maximum atomic E-state index is 6.74. The Kier molecular flexibility index (Phi) is 12.0. The van der Waals surface area contributed by atoms with Crippen molar-refractivity contribution in [2.75, 3.05) is 32.7 Å². The standard InChI is InChI=1S/C32H45ClN2O.C5H6S/c1-26-20-31(33)11-10-30(26)24-35-19-14-29(23-35)22-34-17-12-27(13-18-34)21-32(15-6-3-7-16-32)36-25-28-8-4-2-5-9-28;1-5-2-3-6-4-5/h2,4-5,8-11,20,27,29H,3,6-7,12-19,21-25H2,1H3;2-4H,1H3/t29-;/m0./s1. The summed E-state index contributed by atoms with van der Waals surface area (Å²) in [5, 5.41) is 5.05. The molecule has 3 heterocycles. The molecule has 3 fully saturated rings. The Morgan fingerprint density at radius 3 is 2.29 bits per heavy atom. The molecular formula is C37H51ClN2OS. The summed E-state index contributed by atoms with van der Waals surface area (Å²) in [6.07, 6.45) is 11.9. The van der Waals surface area contributed by atoms with Crippen LogP contribution < -0.4 is 0 Å². The minimum absolute atomic E-state index is 0.118. The van der Waals surface area contributed by atoms with E-state index >= 15 is 0 Å².